The summed E-state index contributed by atoms with van der Waals surface area (Å²) in [4.78, 5) is 63.3. The number of aliphatic carboxylic acids is 2. The van der Waals surface area contributed by atoms with E-state index >= 15 is 0 Å². The number of carboxylic acids is 2. The van der Waals surface area contributed by atoms with E-state index in [1.807, 2.05) is 0 Å². The first-order valence-electron chi connectivity index (χ1n) is 11.3. The molecule has 0 radical (unpaired) electrons. The predicted molar refractivity (Wildman–Crippen MR) is 131 cm³/mol. The Bertz CT molecular complexity index is 980. The number of nitrogens with zero attached hydrogens (tertiary/aromatic N) is 1. The number of benzene rings is 1. The quantitative estimate of drug-likeness (QED) is 0.0613. The second-order valence-electron chi connectivity index (χ2n) is 8.10. The Hall–Kier alpha value is -4.40. The van der Waals surface area contributed by atoms with E-state index in [0.717, 1.165) is 0 Å². The van der Waals surface area contributed by atoms with Crippen molar-refractivity contribution in [3.63, 3.8) is 0 Å². The number of nitrogens with two attached hydrogens (primary N) is 3. The number of phenols is 1. The summed E-state index contributed by atoms with van der Waals surface area (Å²) in [5, 5.41) is 34.4. The van der Waals surface area contributed by atoms with Gasteiger partial charge in [-0.05, 0) is 43.4 Å². The Kier molecular flexibility index (Phi) is 12.9. The topological polar surface area (TPSA) is 273 Å². The second kappa shape index (κ2) is 15.6. The molecule has 0 aliphatic carbocycles. The van der Waals surface area contributed by atoms with Crippen LogP contribution in [-0.2, 0) is 30.4 Å². The van der Waals surface area contributed by atoms with E-state index in [9.17, 15) is 34.2 Å². The van der Waals surface area contributed by atoms with Crippen LogP contribution in [0.15, 0.2) is 29.3 Å². The first kappa shape index (κ1) is 30.6. The third-order valence-electron chi connectivity index (χ3n) is 5.01. The average molecular weight is 524 g/mol. The van der Waals surface area contributed by atoms with E-state index in [4.69, 9.17) is 22.3 Å². The molecule has 1 aromatic rings. The molecular weight excluding hydrogens is 490 g/mol. The van der Waals surface area contributed by atoms with Crippen molar-refractivity contribution in [3.05, 3.63) is 29.8 Å². The molecule has 12 N–H and O–H groups in total. The Morgan fingerprint density at radius 3 is 2.14 bits per heavy atom. The SMILES string of the molecule is NC(N)=NCCCC(NC(=O)CNC(=O)C(N)Cc1ccc(O)cc1)C(=O)NC(CCC(=O)O)C(=O)O. The first-order valence-corrected chi connectivity index (χ1v) is 11.3. The largest absolute Gasteiger partial charge is 0.508 e. The third kappa shape index (κ3) is 12.7. The number of hydrogen-bond donors (Lipinski definition) is 9. The summed E-state index contributed by atoms with van der Waals surface area (Å²) in [5.41, 5.74) is 17.1. The van der Waals surface area contributed by atoms with Crippen molar-refractivity contribution in [1.29, 1.82) is 0 Å². The second-order valence-corrected chi connectivity index (χ2v) is 8.10. The zero-order valence-corrected chi connectivity index (χ0v) is 20.1. The summed E-state index contributed by atoms with van der Waals surface area (Å²) in [6.07, 6.45) is -0.438. The molecule has 15 nitrogen and oxygen atoms in total. The molecule has 0 saturated carbocycles. The lowest BCUT2D eigenvalue weighted by atomic mass is 10.1. The van der Waals surface area contributed by atoms with Crippen LogP contribution in [-0.4, -0.2) is 82.2 Å². The lowest BCUT2D eigenvalue weighted by Gasteiger charge is -2.21. The number of nitrogens with one attached hydrogen (secondary N) is 3. The van der Waals surface area contributed by atoms with Gasteiger partial charge in [0.1, 0.15) is 17.8 Å². The molecule has 0 aromatic heterocycles. The van der Waals surface area contributed by atoms with Crippen molar-refractivity contribution in [1.82, 2.24) is 16.0 Å². The van der Waals surface area contributed by atoms with Gasteiger partial charge in [-0.1, -0.05) is 12.1 Å². The lowest BCUT2D eigenvalue weighted by Crippen LogP contribution is -2.54. The molecule has 0 fully saturated rings. The molecule has 37 heavy (non-hydrogen) atoms. The van der Waals surface area contributed by atoms with Crippen molar-refractivity contribution in [2.45, 2.75) is 50.2 Å². The van der Waals surface area contributed by atoms with Crippen LogP contribution in [0, 0.1) is 0 Å². The summed E-state index contributed by atoms with van der Waals surface area (Å²) in [5.74, 6) is -5.01. The smallest absolute Gasteiger partial charge is 0.326 e. The molecule has 0 bridgehead atoms. The predicted octanol–water partition coefficient (Wildman–Crippen LogP) is -2.65. The summed E-state index contributed by atoms with van der Waals surface area (Å²) < 4.78 is 0. The van der Waals surface area contributed by atoms with Crippen molar-refractivity contribution in [2.75, 3.05) is 13.1 Å². The van der Waals surface area contributed by atoms with Crippen LogP contribution >= 0.6 is 0 Å². The minimum Gasteiger partial charge on any atom is -0.508 e. The molecule has 1 rings (SSSR count). The highest BCUT2D eigenvalue weighted by molar-refractivity contribution is 5.92. The van der Waals surface area contributed by atoms with Crippen LogP contribution in [0.5, 0.6) is 5.75 Å². The highest BCUT2D eigenvalue weighted by Gasteiger charge is 2.27. The van der Waals surface area contributed by atoms with Gasteiger partial charge in [0.2, 0.25) is 17.7 Å². The van der Waals surface area contributed by atoms with E-state index in [1.165, 1.54) is 12.1 Å². The maximum atomic E-state index is 12.7. The van der Waals surface area contributed by atoms with Gasteiger partial charge in [-0.15, -0.1) is 0 Å². The molecule has 1 aromatic carbocycles. The molecule has 204 valence electrons. The number of aromatic hydroxyl groups is 1. The van der Waals surface area contributed by atoms with Gasteiger partial charge in [-0.25, -0.2) is 4.79 Å². The molecular formula is C22H33N7O8. The number of aliphatic imine (C=N–C) groups is 1. The standard InChI is InChI=1S/C22H33N7O8/c23-14(10-12-3-5-13(30)6-4-12)19(34)27-11-17(31)28-15(2-1-9-26-22(24)25)20(35)29-16(21(36)37)7-8-18(32)33/h3-6,14-16,30H,1-2,7-11,23H2,(H,27,34)(H,28,31)(H,29,35)(H,32,33)(H,36,37)(H4,24,25,26). The maximum Gasteiger partial charge on any atom is 0.326 e. The molecule has 3 unspecified atom stereocenters. The van der Waals surface area contributed by atoms with Crippen molar-refractivity contribution >= 4 is 35.6 Å². The van der Waals surface area contributed by atoms with Gasteiger partial charge in [-0.3, -0.25) is 24.2 Å². The van der Waals surface area contributed by atoms with E-state index in [-0.39, 0.29) is 43.9 Å². The minimum absolute atomic E-state index is 0.0218. The number of carbonyl (C=O) groups excluding carboxylic acids is 3. The average Bonchev–Trinajstić information content (AvgIpc) is 2.82. The van der Waals surface area contributed by atoms with Gasteiger partial charge in [0.05, 0.1) is 12.6 Å². The van der Waals surface area contributed by atoms with Crippen LogP contribution in [0.1, 0.15) is 31.2 Å². The van der Waals surface area contributed by atoms with Gasteiger partial charge in [0.15, 0.2) is 5.96 Å². The number of carbonyl (C=O) groups is 5. The minimum atomic E-state index is -1.49. The van der Waals surface area contributed by atoms with E-state index in [0.29, 0.717) is 5.56 Å². The number of hydrogen-bond acceptors (Lipinski definition) is 8. The van der Waals surface area contributed by atoms with Gasteiger partial charge in [0, 0.05) is 13.0 Å². The normalized spacial score (nSPS) is 12.9. The summed E-state index contributed by atoms with van der Waals surface area (Å²) in [7, 11) is 0. The van der Waals surface area contributed by atoms with Crippen LogP contribution in [0.4, 0.5) is 0 Å². The van der Waals surface area contributed by atoms with Gasteiger partial charge in [-0.2, -0.15) is 0 Å². The number of guanidine groups is 1. The molecule has 3 amide bonds. The molecule has 15 heteroatoms. The van der Waals surface area contributed by atoms with Crippen LogP contribution in [0.3, 0.4) is 0 Å². The van der Waals surface area contributed by atoms with Crippen LogP contribution < -0.4 is 33.2 Å². The van der Waals surface area contributed by atoms with E-state index < -0.39 is 60.8 Å². The van der Waals surface area contributed by atoms with E-state index in [2.05, 4.69) is 20.9 Å². The molecule has 0 aliphatic rings. The number of phenolic OH excluding ortho intramolecular Hbond substituents is 1. The van der Waals surface area contributed by atoms with Gasteiger partial charge < -0.3 is 48.5 Å². The molecule has 0 saturated heterocycles. The third-order valence-corrected chi connectivity index (χ3v) is 5.01. The molecule has 0 spiro atoms. The molecule has 0 aliphatic heterocycles. The Labute approximate surface area is 212 Å². The summed E-state index contributed by atoms with van der Waals surface area (Å²) in [6, 6.07) is 2.41. The zero-order valence-electron chi connectivity index (χ0n) is 20.1. The Balaban J connectivity index is 2.73. The highest BCUT2D eigenvalue weighted by atomic mass is 16.4. The number of amides is 3. The molecule has 3 atom stereocenters. The zero-order chi connectivity index (χ0) is 28.0. The Morgan fingerprint density at radius 1 is 0.919 bits per heavy atom. The number of rotatable bonds is 16. The first-order chi connectivity index (χ1) is 17.4. The van der Waals surface area contributed by atoms with Crippen molar-refractivity contribution in [2.24, 2.45) is 22.2 Å². The summed E-state index contributed by atoms with van der Waals surface area (Å²) in [6.45, 7) is -0.382. The van der Waals surface area contributed by atoms with Gasteiger partial charge >= 0.3 is 11.9 Å². The highest BCUT2D eigenvalue weighted by Crippen LogP contribution is 2.11. The Morgan fingerprint density at radius 2 is 1.57 bits per heavy atom. The van der Waals surface area contributed by atoms with Crippen molar-refractivity contribution < 1.29 is 39.3 Å². The van der Waals surface area contributed by atoms with Gasteiger partial charge in [0.25, 0.3) is 0 Å². The fourth-order valence-corrected chi connectivity index (χ4v) is 3.09. The fourth-order valence-electron chi connectivity index (χ4n) is 3.09. The van der Waals surface area contributed by atoms with E-state index in [1.54, 1.807) is 12.1 Å². The number of carboxylic acid groups (broad SMARTS) is 2. The monoisotopic (exact) mass is 523 g/mol. The van der Waals surface area contributed by atoms with Crippen LogP contribution in [0.25, 0.3) is 0 Å². The van der Waals surface area contributed by atoms with Crippen molar-refractivity contribution in [3.8, 4) is 5.75 Å². The summed E-state index contributed by atoms with van der Waals surface area (Å²) >= 11 is 0. The fraction of sp³-hybridized carbons (Fsp3) is 0.455. The molecule has 0 heterocycles. The maximum absolute atomic E-state index is 12.7. The lowest BCUT2D eigenvalue weighted by molar-refractivity contribution is -0.143. The van der Waals surface area contributed by atoms with Crippen LogP contribution in [0.2, 0.25) is 0 Å².